The Balaban J connectivity index is 2.24. The van der Waals surface area contributed by atoms with E-state index in [9.17, 15) is 13.2 Å². The highest BCUT2D eigenvalue weighted by Gasteiger charge is 2.23. The summed E-state index contributed by atoms with van der Waals surface area (Å²) in [7, 11) is 1.04. The second kappa shape index (κ2) is 9.01. The molecular formula is C20H26N2O4S. The Bertz CT molecular complexity index is 879. The third-order valence-electron chi connectivity index (χ3n) is 4.33. The number of carbonyl (C=O) groups excluding carboxylic acids is 1. The number of amides is 1. The second-order valence-corrected chi connectivity index (χ2v) is 8.38. The lowest BCUT2D eigenvalue weighted by molar-refractivity contribution is 0.0779. The third-order valence-corrected chi connectivity index (χ3v) is 6.11. The van der Waals surface area contributed by atoms with E-state index in [2.05, 4.69) is 0 Å². The summed E-state index contributed by atoms with van der Waals surface area (Å²) >= 11 is 0. The van der Waals surface area contributed by atoms with Gasteiger partial charge in [-0.15, -0.1) is 0 Å². The number of hydrogen-bond acceptors (Lipinski definition) is 4. The summed E-state index contributed by atoms with van der Waals surface area (Å²) in [5.74, 6) is -0.221. The van der Waals surface area contributed by atoms with Gasteiger partial charge in [0.2, 0.25) is 0 Å². The zero-order valence-corrected chi connectivity index (χ0v) is 17.0. The summed E-state index contributed by atoms with van der Waals surface area (Å²) < 4.78 is 32.1. The zero-order chi connectivity index (χ0) is 20.0. The first-order chi connectivity index (χ1) is 12.8. The van der Waals surface area contributed by atoms with Crippen LogP contribution in [0.25, 0.3) is 0 Å². The van der Waals surface area contributed by atoms with Crippen LogP contribution in [0.2, 0.25) is 0 Å². The van der Waals surface area contributed by atoms with Crippen molar-refractivity contribution in [2.75, 3.05) is 38.7 Å². The van der Waals surface area contributed by atoms with Gasteiger partial charge in [-0.3, -0.25) is 9.10 Å². The number of sulfonamides is 1. The molecule has 0 aliphatic carbocycles. The average molecular weight is 391 g/mol. The minimum atomic E-state index is -3.76. The first-order valence-electron chi connectivity index (χ1n) is 8.67. The second-order valence-electron chi connectivity index (χ2n) is 6.41. The van der Waals surface area contributed by atoms with E-state index in [4.69, 9.17) is 4.74 Å². The van der Waals surface area contributed by atoms with Gasteiger partial charge in [-0.1, -0.05) is 23.8 Å². The van der Waals surface area contributed by atoms with Crippen molar-refractivity contribution < 1.29 is 17.9 Å². The van der Waals surface area contributed by atoms with Crippen LogP contribution in [0.1, 0.15) is 22.3 Å². The van der Waals surface area contributed by atoms with E-state index < -0.39 is 10.0 Å². The molecule has 0 aromatic heterocycles. The Labute approximate surface area is 161 Å². The van der Waals surface area contributed by atoms with E-state index in [-0.39, 0.29) is 10.8 Å². The van der Waals surface area contributed by atoms with Crippen molar-refractivity contribution in [3.8, 4) is 0 Å². The third kappa shape index (κ3) is 5.08. The lowest BCUT2D eigenvalue weighted by Gasteiger charge is -2.21. The number of hydrogen-bond donors (Lipinski definition) is 0. The molecule has 0 saturated heterocycles. The summed E-state index contributed by atoms with van der Waals surface area (Å²) in [6.07, 6.45) is 0.715. The van der Waals surface area contributed by atoms with Gasteiger partial charge in [0.1, 0.15) is 0 Å². The number of aryl methyl sites for hydroxylation is 1. The number of methoxy groups -OCH3 is 1. The quantitative estimate of drug-likeness (QED) is 0.650. The molecule has 2 aromatic rings. The predicted octanol–water partition coefficient (Wildman–Crippen LogP) is 2.93. The van der Waals surface area contributed by atoms with Gasteiger partial charge in [0, 0.05) is 39.9 Å². The van der Waals surface area contributed by atoms with Crippen molar-refractivity contribution in [3.63, 3.8) is 0 Å². The van der Waals surface area contributed by atoms with Gasteiger partial charge in [0.05, 0.1) is 10.6 Å². The molecule has 7 heteroatoms. The van der Waals surface area contributed by atoms with Crippen LogP contribution in [0, 0.1) is 6.92 Å². The largest absolute Gasteiger partial charge is 0.385 e. The molecule has 2 aromatic carbocycles. The van der Waals surface area contributed by atoms with Gasteiger partial charge in [-0.25, -0.2) is 8.42 Å². The Morgan fingerprint density at radius 2 is 1.74 bits per heavy atom. The highest BCUT2D eigenvalue weighted by Crippen LogP contribution is 2.23. The number of rotatable bonds is 8. The van der Waals surface area contributed by atoms with Gasteiger partial charge in [0.25, 0.3) is 15.9 Å². The van der Waals surface area contributed by atoms with Crippen molar-refractivity contribution >= 4 is 21.6 Å². The maximum absolute atomic E-state index is 13.0. The van der Waals surface area contributed by atoms with E-state index in [1.54, 1.807) is 43.3 Å². The molecule has 0 heterocycles. The fraction of sp³-hybridized carbons (Fsp3) is 0.350. The van der Waals surface area contributed by atoms with Crippen LogP contribution in [0.3, 0.4) is 0 Å². The molecular weight excluding hydrogens is 364 g/mol. The van der Waals surface area contributed by atoms with Gasteiger partial charge in [-0.2, -0.15) is 0 Å². The van der Waals surface area contributed by atoms with Crippen molar-refractivity contribution in [2.24, 2.45) is 0 Å². The molecule has 27 heavy (non-hydrogen) atoms. The first kappa shape index (κ1) is 20.9. The fourth-order valence-corrected chi connectivity index (χ4v) is 3.85. The van der Waals surface area contributed by atoms with Crippen LogP contribution in [-0.2, 0) is 14.8 Å². The zero-order valence-electron chi connectivity index (χ0n) is 16.2. The molecule has 2 rings (SSSR count). The lowest BCUT2D eigenvalue weighted by atomic mass is 10.2. The average Bonchev–Trinajstić information content (AvgIpc) is 2.67. The molecule has 0 saturated carbocycles. The van der Waals surface area contributed by atoms with Crippen LogP contribution in [0.4, 0.5) is 5.69 Å². The summed E-state index contributed by atoms with van der Waals surface area (Å²) in [5.41, 5.74) is 1.95. The molecule has 6 nitrogen and oxygen atoms in total. The topological polar surface area (TPSA) is 66.9 Å². The summed E-state index contributed by atoms with van der Waals surface area (Å²) in [4.78, 5) is 14.2. The van der Waals surface area contributed by atoms with Crippen LogP contribution in [0.5, 0.6) is 0 Å². The van der Waals surface area contributed by atoms with Gasteiger partial charge in [-0.05, 0) is 43.7 Å². The minimum Gasteiger partial charge on any atom is -0.385 e. The highest BCUT2D eigenvalue weighted by atomic mass is 32.2. The molecule has 0 atom stereocenters. The van der Waals surface area contributed by atoms with E-state index in [1.807, 2.05) is 19.1 Å². The van der Waals surface area contributed by atoms with Gasteiger partial charge in [0.15, 0.2) is 0 Å². The summed E-state index contributed by atoms with van der Waals surface area (Å²) in [5, 5.41) is 0. The molecule has 0 bridgehead atoms. The lowest BCUT2D eigenvalue weighted by Crippen LogP contribution is -2.29. The Morgan fingerprint density at radius 3 is 2.37 bits per heavy atom. The van der Waals surface area contributed by atoms with Crippen LogP contribution in [0.15, 0.2) is 53.4 Å². The number of ether oxygens (including phenoxy) is 1. The van der Waals surface area contributed by atoms with Crippen LogP contribution < -0.4 is 4.31 Å². The SMILES string of the molecule is COCCCN(C)C(=O)c1cccc(S(=O)(=O)N(C)c2ccc(C)cc2)c1. The van der Waals surface area contributed by atoms with E-state index >= 15 is 0 Å². The first-order valence-corrected chi connectivity index (χ1v) is 10.1. The highest BCUT2D eigenvalue weighted by molar-refractivity contribution is 7.92. The standard InChI is InChI=1S/C20H26N2O4S/c1-16-9-11-18(12-10-16)22(3)27(24,25)19-8-5-7-17(15-19)20(23)21(2)13-6-14-26-4/h5,7-12,15H,6,13-14H2,1-4H3. The molecule has 146 valence electrons. The van der Waals surface area contributed by atoms with Crippen LogP contribution in [-0.4, -0.2) is 53.6 Å². The predicted molar refractivity (Wildman–Crippen MR) is 107 cm³/mol. The Kier molecular flexibility index (Phi) is 6.98. The molecule has 0 radical (unpaired) electrons. The molecule has 0 aliphatic rings. The fourth-order valence-electron chi connectivity index (χ4n) is 2.61. The summed E-state index contributed by atoms with van der Waals surface area (Å²) in [6, 6.07) is 13.4. The van der Waals surface area contributed by atoms with Crippen LogP contribution >= 0.6 is 0 Å². The molecule has 0 unspecified atom stereocenters. The molecule has 1 amide bonds. The van der Waals surface area contributed by atoms with E-state index in [0.717, 1.165) is 5.56 Å². The normalized spacial score (nSPS) is 11.3. The van der Waals surface area contributed by atoms with Crippen molar-refractivity contribution in [2.45, 2.75) is 18.2 Å². The number of carbonyl (C=O) groups is 1. The molecule has 0 spiro atoms. The monoisotopic (exact) mass is 390 g/mol. The minimum absolute atomic E-state index is 0.0849. The Morgan fingerprint density at radius 1 is 1.07 bits per heavy atom. The Hall–Kier alpha value is -2.38. The maximum atomic E-state index is 13.0. The molecule has 0 fully saturated rings. The van der Waals surface area contributed by atoms with Crippen molar-refractivity contribution in [1.29, 1.82) is 0 Å². The smallest absolute Gasteiger partial charge is 0.264 e. The summed E-state index contributed by atoms with van der Waals surface area (Å²) in [6.45, 7) is 3.04. The number of benzene rings is 2. The van der Waals surface area contributed by atoms with E-state index in [0.29, 0.717) is 30.8 Å². The maximum Gasteiger partial charge on any atom is 0.264 e. The van der Waals surface area contributed by atoms with Gasteiger partial charge >= 0.3 is 0 Å². The van der Waals surface area contributed by atoms with Crippen molar-refractivity contribution in [1.82, 2.24) is 4.90 Å². The van der Waals surface area contributed by atoms with E-state index in [1.165, 1.54) is 23.5 Å². The number of anilines is 1. The molecule has 0 N–H and O–H groups in total. The van der Waals surface area contributed by atoms with Crippen molar-refractivity contribution in [3.05, 3.63) is 59.7 Å². The van der Waals surface area contributed by atoms with Gasteiger partial charge < -0.3 is 9.64 Å². The number of nitrogens with zero attached hydrogens (tertiary/aromatic N) is 2. The molecule has 0 aliphatic heterocycles.